The van der Waals surface area contributed by atoms with Crippen molar-refractivity contribution in [3.63, 3.8) is 0 Å². The van der Waals surface area contributed by atoms with Gasteiger partial charge in [-0.2, -0.15) is 0 Å². The number of piperidine rings is 1. The first-order chi connectivity index (χ1) is 14.7. The molecule has 0 radical (unpaired) electrons. The zero-order chi connectivity index (χ0) is 21.8. The SMILES string of the molecule is O=C(N1CCC(NS(=O)(=O)c2ccc([N+](=O)[O-])cc2)CC1)C12CC3CC(CC(C3)C1)C2. The van der Waals surface area contributed by atoms with Crippen LogP contribution in [0.4, 0.5) is 5.69 Å². The summed E-state index contributed by atoms with van der Waals surface area (Å²) in [5.41, 5.74) is -0.296. The van der Waals surface area contributed by atoms with Crippen molar-refractivity contribution in [3.05, 3.63) is 34.4 Å². The van der Waals surface area contributed by atoms with Gasteiger partial charge in [-0.3, -0.25) is 14.9 Å². The van der Waals surface area contributed by atoms with Gasteiger partial charge in [-0.1, -0.05) is 0 Å². The number of amides is 1. The molecule has 1 aliphatic heterocycles. The smallest absolute Gasteiger partial charge is 0.269 e. The Morgan fingerprint density at radius 2 is 1.52 bits per heavy atom. The van der Waals surface area contributed by atoms with Crippen LogP contribution in [-0.4, -0.2) is 43.3 Å². The number of sulfonamides is 1. The summed E-state index contributed by atoms with van der Waals surface area (Å²) in [4.78, 5) is 25.7. The maximum Gasteiger partial charge on any atom is 0.269 e. The second-order valence-corrected chi connectivity index (χ2v) is 11.9. The lowest BCUT2D eigenvalue weighted by atomic mass is 9.49. The van der Waals surface area contributed by atoms with E-state index in [-0.39, 0.29) is 22.0 Å². The molecule has 4 bridgehead atoms. The number of rotatable bonds is 5. The molecule has 9 heteroatoms. The van der Waals surface area contributed by atoms with Gasteiger partial charge in [-0.05, 0) is 81.3 Å². The van der Waals surface area contributed by atoms with Crippen molar-refractivity contribution in [2.45, 2.75) is 62.3 Å². The standard InChI is InChI=1S/C22H29N3O5S/c26-21(22-12-15-9-16(13-22)11-17(10-15)14-22)24-7-5-18(6-8-24)23-31(29,30)20-3-1-19(2-4-20)25(27)28/h1-4,15-18,23H,5-14H2. The molecule has 1 aromatic carbocycles. The van der Waals surface area contributed by atoms with Crippen LogP contribution in [0.25, 0.3) is 0 Å². The number of hydrogen-bond acceptors (Lipinski definition) is 5. The maximum atomic E-state index is 13.5. The quantitative estimate of drug-likeness (QED) is 0.551. The first-order valence-electron chi connectivity index (χ1n) is 11.3. The molecule has 0 atom stereocenters. The van der Waals surface area contributed by atoms with Crippen molar-refractivity contribution >= 4 is 21.6 Å². The number of nitrogens with zero attached hydrogens (tertiary/aromatic N) is 2. The minimum atomic E-state index is -3.75. The largest absolute Gasteiger partial charge is 0.342 e. The monoisotopic (exact) mass is 447 g/mol. The molecule has 8 nitrogen and oxygen atoms in total. The molecule has 1 amide bonds. The average Bonchev–Trinajstić information content (AvgIpc) is 2.72. The Morgan fingerprint density at radius 1 is 1.00 bits per heavy atom. The van der Waals surface area contributed by atoms with Crippen molar-refractivity contribution in [1.82, 2.24) is 9.62 Å². The van der Waals surface area contributed by atoms with E-state index in [0.29, 0.717) is 31.8 Å². The molecular formula is C22H29N3O5S. The number of benzene rings is 1. The Kier molecular flexibility index (Phi) is 5.08. The van der Waals surface area contributed by atoms with Gasteiger partial charge in [0.25, 0.3) is 5.69 Å². The number of hydrogen-bond donors (Lipinski definition) is 1. The highest BCUT2D eigenvalue weighted by atomic mass is 32.2. The maximum absolute atomic E-state index is 13.5. The Balaban J connectivity index is 1.20. The van der Waals surface area contributed by atoms with E-state index in [4.69, 9.17) is 0 Å². The van der Waals surface area contributed by atoms with Crippen LogP contribution in [0.5, 0.6) is 0 Å². The number of nitrogens with one attached hydrogen (secondary N) is 1. The summed E-state index contributed by atoms with van der Waals surface area (Å²) in [7, 11) is -3.75. The first-order valence-corrected chi connectivity index (χ1v) is 12.8. The lowest BCUT2D eigenvalue weighted by Crippen LogP contribution is -2.56. The van der Waals surface area contributed by atoms with Gasteiger partial charge >= 0.3 is 0 Å². The van der Waals surface area contributed by atoms with Crippen molar-refractivity contribution in [3.8, 4) is 0 Å². The predicted octanol–water partition coefficient (Wildman–Crippen LogP) is 3.08. The van der Waals surface area contributed by atoms with Gasteiger partial charge in [0.15, 0.2) is 0 Å². The first kappa shape index (κ1) is 20.9. The topological polar surface area (TPSA) is 110 Å². The summed E-state index contributed by atoms with van der Waals surface area (Å²) in [6, 6.07) is 4.67. The van der Waals surface area contributed by atoms with Crippen LogP contribution < -0.4 is 4.72 Å². The van der Waals surface area contributed by atoms with E-state index in [0.717, 1.165) is 37.0 Å². The van der Waals surface area contributed by atoms with Crippen LogP contribution in [0, 0.1) is 33.3 Å². The predicted molar refractivity (Wildman–Crippen MR) is 114 cm³/mol. The zero-order valence-electron chi connectivity index (χ0n) is 17.5. The molecule has 1 saturated heterocycles. The second kappa shape index (κ2) is 7.55. The number of carbonyl (C=O) groups excluding carboxylic acids is 1. The lowest BCUT2D eigenvalue weighted by Gasteiger charge is -2.57. The zero-order valence-corrected chi connectivity index (χ0v) is 18.4. The Morgan fingerprint density at radius 3 is 2.00 bits per heavy atom. The van der Waals surface area contributed by atoms with E-state index in [2.05, 4.69) is 4.72 Å². The summed E-state index contributed by atoms with van der Waals surface area (Å²) >= 11 is 0. The third-order valence-corrected chi connectivity index (χ3v) is 9.49. The number of non-ortho nitro benzene ring substituents is 1. The number of carbonyl (C=O) groups is 1. The Hall–Kier alpha value is -2.00. The Bertz CT molecular complexity index is 948. The normalized spacial score (nSPS) is 32.9. The highest BCUT2D eigenvalue weighted by Gasteiger charge is 2.55. The minimum Gasteiger partial charge on any atom is -0.342 e. The van der Waals surface area contributed by atoms with E-state index >= 15 is 0 Å². The molecule has 31 heavy (non-hydrogen) atoms. The molecule has 0 spiro atoms. The number of nitro groups is 1. The molecule has 0 aromatic heterocycles. The van der Waals surface area contributed by atoms with Gasteiger partial charge in [0.05, 0.1) is 15.2 Å². The van der Waals surface area contributed by atoms with Crippen LogP contribution in [0.1, 0.15) is 51.4 Å². The van der Waals surface area contributed by atoms with Crippen LogP contribution in [0.3, 0.4) is 0 Å². The van der Waals surface area contributed by atoms with Gasteiger partial charge in [-0.15, -0.1) is 0 Å². The fraction of sp³-hybridized carbons (Fsp3) is 0.682. The van der Waals surface area contributed by atoms with Gasteiger partial charge in [-0.25, -0.2) is 13.1 Å². The third kappa shape index (κ3) is 3.86. The molecule has 5 fully saturated rings. The van der Waals surface area contributed by atoms with Crippen molar-refractivity contribution < 1.29 is 18.1 Å². The van der Waals surface area contributed by atoms with E-state index in [1.807, 2.05) is 4.90 Å². The van der Waals surface area contributed by atoms with Gasteiger partial charge < -0.3 is 4.90 Å². The van der Waals surface area contributed by atoms with E-state index in [1.54, 1.807) is 0 Å². The van der Waals surface area contributed by atoms with Crippen LogP contribution >= 0.6 is 0 Å². The Labute approximate surface area is 182 Å². The lowest BCUT2D eigenvalue weighted by molar-refractivity contribution is -0.384. The van der Waals surface area contributed by atoms with Gasteiger partial charge in [0, 0.05) is 31.3 Å². The van der Waals surface area contributed by atoms with Crippen molar-refractivity contribution in [1.29, 1.82) is 0 Å². The molecule has 1 aromatic rings. The van der Waals surface area contributed by atoms with Gasteiger partial charge in [0.2, 0.25) is 15.9 Å². The fourth-order valence-corrected chi connectivity index (χ4v) is 8.25. The molecule has 168 valence electrons. The summed E-state index contributed by atoms with van der Waals surface area (Å²) in [5.74, 6) is 2.48. The highest BCUT2D eigenvalue weighted by molar-refractivity contribution is 7.89. The van der Waals surface area contributed by atoms with Crippen LogP contribution in [0.2, 0.25) is 0 Å². The van der Waals surface area contributed by atoms with E-state index in [9.17, 15) is 23.3 Å². The highest BCUT2D eigenvalue weighted by Crippen LogP contribution is 2.60. The summed E-state index contributed by atoms with van der Waals surface area (Å²) < 4.78 is 28.0. The minimum absolute atomic E-state index is 0.0187. The number of nitro benzene ring substituents is 1. The molecule has 5 aliphatic rings. The summed E-state index contributed by atoms with van der Waals surface area (Å²) in [6.45, 7) is 1.15. The summed E-state index contributed by atoms with van der Waals surface area (Å²) in [5, 5.41) is 10.8. The molecule has 1 heterocycles. The molecule has 4 saturated carbocycles. The second-order valence-electron chi connectivity index (χ2n) is 10.1. The van der Waals surface area contributed by atoms with Gasteiger partial charge in [0.1, 0.15) is 0 Å². The van der Waals surface area contributed by atoms with Crippen molar-refractivity contribution in [2.75, 3.05) is 13.1 Å². The molecule has 0 unspecified atom stereocenters. The molecular weight excluding hydrogens is 418 g/mol. The number of likely N-dealkylation sites (tertiary alicyclic amines) is 1. The van der Waals surface area contributed by atoms with Crippen LogP contribution in [0.15, 0.2) is 29.2 Å². The third-order valence-electron chi connectivity index (χ3n) is 7.95. The van der Waals surface area contributed by atoms with Crippen LogP contribution in [-0.2, 0) is 14.8 Å². The molecule has 1 N–H and O–H groups in total. The van der Waals surface area contributed by atoms with Crippen molar-refractivity contribution in [2.24, 2.45) is 23.2 Å². The average molecular weight is 448 g/mol. The van der Waals surface area contributed by atoms with E-state index in [1.165, 1.54) is 43.5 Å². The summed E-state index contributed by atoms with van der Waals surface area (Å²) in [6.07, 6.45) is 8.23. The fourth-order valence-electron chi connectivity index (χ4n) is 6.94. The molecule has 4 aliphatic carbocycles. The van der Waals surface area contributed by atoms with E-state index < -0.39 is 14.9 Å². The molecule has 6 rings (SSSR count).